The molecule has 7 nitrogen and oxygen atoms in total. The Hall–Kier alpha value is -3.17. The van der Waals surface area contributed by atoms with Crippen LogP contribution < -0.4 is 15.4 Å². The van der Waals surface area contributed by atoms with E-state index in [2.05, 4.69) is 25.3 Å². The first-order valence-electron chi connectivity index (χ1n) is 8.65. The molecule has 2 aromatic rings. The van der Waals surface area contributed by atoms with Gasteiger partial charge < -0.3 is 15.4 Å². The van der Waals surface area contributed by atoms with Gasteiger partial charge >= 0.3 is 6.18 Å². The summed E-state index contributed by atoms with van der Waals surface area (Å²) < 4.78 is 41.2. The molecule has 156 valence electrons. The van der Waals surface area contributed by atoms with Crippen molar-refractivity contribution in [3.8, 4) is 5.88 Å². The molecule has 0 saturated heterocycles. The minimum absolute atomic E-state index is 0.0198. The predicted octanol–water partition coefficient (Wildman–Crippen LogP) is 3.33. The van der Waals surface area contributed by atoms with Crippen LogP contribution in [0.15, 0.2) is 36.5 Å². The lowest BCUT2D eigenvalue weighted by Gasteiger charge is -2.17. The summed E-state index contributed by atoms with van der Waals surface area (Å²) in [5, 5.41) is 5.24. The molecule has 2 aromatic heterocycles. The van der Waals surface area contributed by atoms with Crippen molar-refractivity contribution < 1.29 is 27.5 Å². The van der Waals surface area contributed by atoms with Crippen LogP contribution in [-0.4, -0.2) is 34.6 Å². The second kappa shape index (κ2) is 8.89. The average molecular weight is 410 g/mol. The summed E-state index contributed by atoms with van der Waals surface area (Å²) in [5.41, 5.74) is -0.0350. The van der Waals surface area contributed by atoms with Crippen molar-refractivity contribution in [1.82, 2.24) is 15.3 Å². The van der Waals surface area contributed by atoms with Crippen molar-refractivity contribution in [2.45, 2.75) is 33.5 Å². The Kier molecular flexibility index (Phi) is 6.78. The number of ether oxygens (including phenoxy) is 1. The number of hydrogen-bond donors (Lipinski definition) is 2. The molecule has 29 heavy (non-hydrogen) atoms. The summed E-state index contributed by atoms with van der Waals surface area (Å²) in [5.74, 6) is -0.659. The molecule has 2 amide bonds. The Morgan fingerprint density at radius 1 is 1.14 bits per heavy atom. The number of anilines is 1. The Morgan fingerprint density at radius 2 is 1.86 bits per heavy atom. The van der Waals surface area contributed by atoms with Crippen molar-refractivity contribution in [3.05, 3.63) is 47.8 Å². The highest BCUT2D eigenvalue weighted by atomic mass is 19.4. The smallest absolute Gasteiger partial charge is 0.422 e. The minimum Gasteiger partial charge on any atom is -0.468 e. The quantitative estimate of drug-likeness (QED) is 0.762. The third kappa shape index (κ3) is 7.40. The van der Waals surface area contributed by atoms with E-state index < -0.39 is 24.1 Å². The van der Waals surface area contributed by atoms with Crippen LogP contribution in [0, 0.1) is 5.41 Å². The number of aromatic nitrogens is 2. The maximum Gasteiger partial charge on any atom is 0.422 e. The number of rotatable bonds is 6. The minimum atomic E-state index is -4.46. The van der Waals surface area contributed by atoms with Crippen LogP contribution in [-0.2, 0) is 11.3 Å². The summed E-state index contributed by atoms with van der Waals surface area (Å²) >= 11 is 0. The molecule has 0 atom stereocenters. The topological polar surface area (TPSA) is 93.2 Å². The number of carbonyl (C=O) groups is 2. The molecule has 0 bridgehead atoms. The summed E-state index contributed by atoms with van der Waals surface area (Å²) in [7, 11) is 0. The number of nitrogens with zero attached hydrogens (tertiary/aromatic N) is 2. The van der Waals surface area contributed by atoms with Gasteiger partial charge in [0.15, 0.2) is 6.61 Å². The fourth-order valence-electron chi connectivity index (χ4n) is 2.01. The van der Waals surface area contributed by atoms with Gasteiger partial charge in [-0.1, -0.05) is 26.8 Å². The van der Waals surface area contributed by atoms with E-state index in [-0.39, 0.29) is 29.7 Å². The number of halogens is 3. The maximum atomic E-state index is 12.3. The molecule has 2 N–H and O–H groups in total. The van der Waals surface area contributed by atoms with E-state index in [1.165, 1.54) is 30.5 Å². The fraction of sp³-hybridized carbons (Fsp3) is 0.368. The number of hydrogen-bond acceptors (Lipinski definition) is 5. The van der Waals surface area contributed by atoms with Crippen LogP contribution in [0.5, 0.6) is 5.88 Å². The highest BCUT2D eigenvalue weighted by Crippen LogP contribution is 2.18. The first-order valence-corrected chi connectivity index (χ1v) is 8.65. The maximum absolute atomic E-state index is 12.3. The van der Waals surface area contributed by atoms with E-state index in [1.807, 2.05) is 0 Å². The first kappa shape index (κ1) is 22.1. The van der Waals surface area contributed by atoms with E-state index in [4.69, 9.17) is 0 Å². The standard InChI is InChI=1S/C19H21F3N4O3/c1-18(2,3)17(28)26-14-9-12(7-8-23-14)16(27)24-10-13-5-4-6-15(25-13)29-11-19(20,21)22/h4-9H,10-11H2,1-3H3,(H,24,27)(H,23,26,28). The van der Waals surface area contributed by atoms with Crippen LogP contribution in [0.25, 0.3) is 0 Å². The molecular weight excluding hydrogens is 389 g/mol. The molecule has 10 heteroatoms. The van der Waals surface area contributed by atoms with Crippen LogP contribution in [0.4, 0.5) is 19.0 Å². The number of nitrogens with one attached hydrogen (secondary N) is 2. The molecule has 0 radical (unpaired) electrons. The second-order valence-corrected chi connectivity index (χ2v) is 7.19. The van der Waals surface area contributed by atoms with E-state index in [0.29, 0.717) is 5.69 Å². The highest BCUT2D eigenvalue weighted by Gasteiger charge is 2.28. The lowest BCUT2D eigenvalue weighted by atomic mass is 9.96. The van der Waals surface area contributed by atoms with Gasteiger partial charge in [-0.05, 0) is 18.2 Å². The second-order valence-electron chi connectivity index (χ2n) is 7.19. The summed E-state index contributed by atoms with van der Waals surface area (Å²) in [6.45, 7) is 3.78. The van der Waals surface area contributed by atoms with Crippen molar-refractivity contribution in [3.63, 3.8) is 0 Å². The van der Waals surface area contributed by atoms with Gasteiger partial charge in [0.2, 0.25) is 11.8 Å². The van der Waals surface area contributed by atoms with Crippen LogP contribution >= 0.6 is 0 Å². The SMILES string of the molecule is CC(C)(C)C(=O)Nc1cc(C(=O)NCc2cccc(OCC(F)(F)F)n2)ccn1. The molecule has 0 saturated carbocycles. The zero-order chi connectivity index (χ0) is 21.7. The fourth-order valence-corrected chi connectivity index (χ4v) is 2.01. The van der Waals surface area contributed by atoms with E-state index in [0.717, 1.165) is 0 Å². The van der Waals surface area contributed by atoms with Crippen molar-refractivity contribution in [1.29, 1.82) is 0 Å². The summed E-state index contributed by atoms with van der Waals surface area (Å²) in [6, 6.07) is 7.22. The zero-order valence-electron chi connectivity index (χ0n) is 16.1. The van der Waals surface area contributed by atoms with Gasteiger partial charge in [-0.25, -0.2) is 9.97 Å². The van der Waals surface area contributed by atoms with Gasteiger partial charge in [-0.15, -0.1) is 0 Å². The van der Waals surface area contributed by atoms with Crippen LogP contribution in [0.2, 0.25) is 0 Å². The van der Waals surface area contributed by atoms with Gasteiger partial charge in [0.1, 0.15) is 5.82 Å². The molecule has 0 aliphatic heterocycles. The summed E-state index contributed by atoms with van der Waals surface area (Å²) in [4.78, 5) is 32.3. The van der Waals surface area contributed by atoms with Gasteiger partial charge in [0.25, 0.3) is 5.91 Å². The van der Waals surface area contributed by atoms with Gasteiger partial charge in [0, 0.05) is 23.2 Å². The Bertz CT molecular complexity index is 879. The van der Waals surface area contributed by atoms with Crippen molar-refractivity contribution in [2.75, 3.05) is 11.9 Å². The van der Waals surface area contributed by atoms with Crippen molar-refractivity contribution in [2.24, 2.45) is 5.41 Å². The third-order valence-corrected chi connectivity index (χ3v) is 3.54. The lowest BCUT2D eigenvalue weighted by molar-refractivity contribution is -0.154. The third-order valence-electron chi connectivity index (χ3n) is 3.54. The average Bonchev–Trinajstić information content (AvgIpc) is 2.64. The molecule has 0 aliphatic rings. The Balaban J connectivity index is 1.97. The zero-order valence-corrected chi connectivity index (χ0v) is 16.1. The molecular formula is C19H21F3N4O3. The number of carbonyl (C=O) groups excluding carboxylic acids is 2. The first-order chi connectivity index (χ1) is 13.4. The normalized spacial score (nSPS) is 11.7. The molecule has 2 heterocycles. The van der Waals surface area contributed by atoms with E-state index >= 15 is 0 Å². The molecule has 0 unspecified atom stereocenters. The van der Waals surface area contributed by atoms with Gasteiger partial charge in [-0.3, -0.25) is 9.59 Å². The highest BCUT2D eigenvalue weighted by molar-refractivity contribution is 5.97. The van der Waals surface area contributed by atoms with Gasteiger partial charge in [0.05, 0.1) is 12.2 Å². The Labute approximate surface area is 165 Å². The number of amides is 2. The van der Waals surface area contributed by atoms with E-state index in [1.54, 1.807) is 26.8 Å². The lowest BCUT2D eigenvalue weighted by Crippen LogP contribution is -2.28. The predicted molar refractivity (Wildman–Crippen MR) is 99.3 cm³/mol. The van der Waals surface area contributed by atoms with Gasteiger partial charge in [-0.2, -0.15) is 13.2 Å². The molecule has 0 aromatic carbocycles. The van der Waals surface area contributed by atoms with Crippen LogP contribution in [0.3, 0.4) is 0 Å². The molecule has 0 fully saturated rings. The molecule has 0 aliphatic carbocycles. The molecule has 0 spiro atoms. The number of pyridine rings is 2. The molecule has 2 rings (SSSR count). The van der Waals surface area contributed by atoms with Crippen LogP contribution in [0.1, 0.15) is 36.8 Å². The van der Waals surface area contributed by atoms with Crippen molar-refractivity contribution >= 4 is 17.6 Å². The summed E-state index contributed by atoms with van der Waals surface area (Å²) in [6.07, 6.45) is -3.08. The number of alkyl halides is 3. The monoisotopic (exact) mass is 410 g/mol. The van der Waals surface area contributed by atoms with E-state index in [9.17, 15) is 22.8 Å². The largest absolute Gasteiger partial charge is 0.468 e. The Morgan fingerprint density at radius 3 is 2.52 bits per heavy atom.